The fourth-order valence-electron chi connectivity index (χ4n) is 3.97. The molecule has 2 aliphatic heterocycles. The average molecular weight is 291 g/mol. The topological polar surface area (TPSA) is 41.3 Å². The largest absolute Gasteiger partial charge is 0.394 e. The van der Waals surface area contributed by atoms with E-state index in [1.165, 1.54) is 43.9 Å². The van der Waals surface area contributed by atoms with Crippen molar-refractivity contribution in [2.45, 2.75) is 64.5 Å². The second kappa shape index (κ2) is 6.49. The molecule has 0 saturated carbocycles. The maximum absolute atomic E-state index is 9.63. The second-order valence-electron chi connectivity index (χ2n) is 7.04. The molecule has 1 unspecified atom stereocenters. The van der Waals surface area contributed by atoms with Gasteiger partial charge in [0.2, 0.25) is 0 Å². The zero-order valence-electron chi connectivity index (χ0n) is 13.5. The van der Waals surface area contributed by atoms with Gasteiger partial charge in [0.25, 0.3) is 0 Å². The monoisotopic (exact) mass is 291 g/mol. The number of aromatic nitrogens is 2. The minimum Gasteiger partial charge on any atom is -0.394 e. The van der Waals surface area contributed by atoms with Gasteiger partial charge in [-0.05, 0) is 65.0 Å². The van der Waals surface area contributed by atoms with Crippen LogP contribution in [0.2, 0.25) is 0 Å². The lowest BCUT2D eigenvalue weighted by molar-refractivity contribution is 0.146. The summed E-state index contributed by atoms with van der Waals surface area (Å²) in [5.41, 5.74) is 1.33. The van der Waals surface area contributed by atoms with E-state index in [1.54, 1.807) is 0 Å². The number of imidazole rings is 1. The van der Waals surface area contributed by atoms with Crippen LogP contribution in [0.4, 0.5) is 0 Å². The number of aryl methyl sites for hydroxylation is 1. The van der Waals surface area contributed by atoms with E-state index in [-0.39, 0.29) is 12.6 Å². The van der Waals surface area contributed by atoms with Crippen LogP contribution in [-0.4, -0.2) is 45.3 Å². The predicted molar refractivity (Wildman–Crippen MR) is 84.4 cm³/mol. The van der Waals surface area contributed by atoms with Gasteiger partial charge in [-0.25, -0.2) is 4.98 Å². The molecule has 0 aliphatic carbocycles. The van der Waals surface area contributed by atoms with Crippen LogP contribution >= 0.6 is 0 Å². The smallest absolute Gasteiger partial charge is 0.109 e. The Kier molecular flexibility index (Phi) is 4.65. The van der Waals surface area contributed by atoms with E-state index in [0.29, 0.717) is 6.04 Å². The van der Waals surface area contributed by atoms with E-state index in [2.05, 4.69) is 28.3 Å². The molecule has 1 aromatic rings. The third-order valence-corrected chi connectivity index (χ3v) is 5.35. The van der Waals surface area contributed by atoms with Crippen molar-refractivity contribution in [1.82, 2.24) is 14.5 Å². The summed E-state index contributed by atoms with van der Waals surface area (Å²) in [6.45, 7) is 7.27. The van der Waals surface area contributed by atoms with Crippen LogP contribution in [0.5, 0.6) is 0 Å². The Bertz CT molecular complexity index is 461. The molecular weight excluding hydrogens is 262 g/mol. The molecule has 1 aromatic heterocycles. The number of rotatable bonds is 4. The standard InChI is InChI=1S/C17H29N3O/c1-13(2)19-8-6-14(7-9-19)10-17-18-11-15-4-3-5-16(12-21)20(15)17/h11,13-14,16,21H,3-10,12H2,1-2H3. The van der Waals surface area contributed by atoms with Gasteiger partial charge in [0.1, 0.15) is 5.82 Å². The van der Waals surface area contributed by atoms with Gasteiger partial charge in [0.05, 0.1) is 12.6 Å². The van der Waals surface area contributed by atoms with Crippen molar-refractivity contribution in [3.63, 3.8) is 0 Å². The van der Waals surface area contributed by atoms with Gasteiger partial charge >= 0.3 is 0 Å². The summed E-state index contributed by atoms with van der Waals surface area (Å²) in [5, 5.41) is 9.63. The second-order valence-corrected chi connectivity index (χ2v) is 7.04. The Hall–Kier alpha value is -0.870. The van der Waals surface area contributed by atoms with Gasteiger partial charge in [0, 0.05) is 24.4 Å². The number of fused-ring (bicyclic) bond motifs is 1. The fraction of sp³-hybridized carbons (Fsp3) is 0.824. The predicted octanol–water partition coefficient (Wildman–Crippen LogP) is 2.42. The molecule has 0 aromatic carbocycles. The Morgan fingerprint density at radius 1 is 1.29 bits per heavy atom. The van der Waals surface area contributed by atoms with Crippen LogP contribution in [0.15, 0.2) is 6.20 Å². The summed E-state index contributed by atoms with van der Waals surface area (Å²) in [7, 11) is 0. The lowest BCUT2D eigenvalue weighted by Gasteiger charge is -2.35. The van der Waals surface area contributed by atoms with Crippen molar-refractivity contribution >= 4 is 0 Å². The van der Waals surface area contributed by atoms with Crippen LogP contribution in [-0.2, 0) is 12.8 Å². The Labute approximate surface area is 128 Å². The molecule has 4 heteroatoms. The van der Waals surface area contributed by atoms with Crippen molar-refractivity contribution < 1.29 is 5.11 Å². The van der Waals surface area contributed by atoms with Gasteiger partial charge < -0.3 is 14.6 Å². The summed E-state index contributed by atoms with van der Waals surface area (Å²) in [4.78, 5) is 7.26. The molecule has 21 heavy (non-hydrogen) atoms. The zero-order chi connectivity index (χ0) is 14.8. The van der Waals surface area contributed by atoms with Gasteiger partial charge in [0.15, 0.2) is 0 Å². The summed E-state index contributed by atoms with van der Waals surface area (Å²) in [6.07, 6.45) is 9.09. The number of piperidine rings is 1. The number of aliphatic hydroxyl groups is 1. The van der Waals surface area contributed by atoms with Crippen LogP contribution < -0.4 is 0 Å². The van der Waals surface area contributed by atoms with Crippen LogP contribution in [0.1, 0.15) is 57.1 Å². The first-order chi connectivity index (χ1) is 10.2. The summed E-state index contributed by atoms with van der Waals surface area (Å²) in [6, 6.07) is 0.936. The quantitative estimate of drug-likeness (QED) is 0.926. The van der Waals surface area contributed by atoms with Gasteiger partial charge in [-0.1, -0.05) is 0 Å². The number of aliphatic hydroxyl groups excluding tert-OH is 1. The zero-order valence-corrected chi connectivity index (χ0v) is 13.5. The van der Waals surface area contributed by atoms with E-state index in [4.69, 9.17) is 0 Å². The Morgan fingerprint density at radius 3 is 2.71 bits per heavy atom. The minimum absolute atomic E-state index is 0.252. The first-order valence-corrected chi connectivity index (χ1v) is 8.59. The highest BCUT2D eigenvalue weighted by molar-refractivity contribution is 5.11. The first kappa shape index (κ1) is 15.0. The maximum atomic E-state index is 9.63. The van der Waals surface area contributed by atoms with Crippen LogP contribution in [0.25, 0.3) is 0 Å². The number of hydrogen-bond acceptors (Lipinski definition) is 3. The van der Waals surface area contributed by atoms with Gasteiger partial charge in [-0.3, -0.25) is 0 Å². The molecule has 1 saturated heterocycles. The van der Waals surface area contributed by atoms with Gasteiger partial charge in [-0.2, -0.15) is 0 Å². The third kappa shape index (κ3) is 3.16. The number of hydrogen-bond donors (Lipinski definition) is 1. The van der Waals surface area contributed by atoms with Crippen LogP contribution in [0.3, 0.4) is 0 Å². The molecule has 0 spiro atoms. The third-order valence-electron chi connectivity index (χ3n) is 5.35. The lowest BCUT2D eigenvalue weighted by atomic mass is 9.92. The van der Waals surface area contributed by atoms with E-state index < -0.39 is 0 Å². The molecule has 1 atom stereocenters. The fourth-order valence-corrected chi connectivity index (χ4v) is 3.97. The molecule has 0 radical (unpaired) electrons. The van der Waals surface area contributed by atoms with Crippen LogP contribution in [0, 0.1) is 5.92 Å². The summed E-state index contributed by atoms with van der Waals surface area (Å²) >= 11 is 0. The SMILES string of the molecule is CC(C)N1CCC(Cc2ncc3n2C(CO)CCC3)CC1. The van der Waals surface area contributed by atoms with E-state index in [0.717, 1.165) is 25.2 Å². The molecule has 3 rings (SSSR count). The normalized spacial score (nSPS) is 24.5. The number of nitrogens with zero attached hydrogens (tertiary/aromatic N) is 3. The summed E-state index contributed by atoms with van der Waals surface area (Å²) < 4.78 is 2.35. The highest BCUT2D eigenvalue weighted by Crippen LogP contribution is 2.29. The Balaban J connectivity index is 1.65. The Morgan fingerprint density at radius 2 is 2.05 bits per heavy atom. The van der Waals surface area contributed by atoms with Crippen molar-refractivity contribution in [2.24, 2.45) is 5.92 Å². The molecule has 1 N–H and O–H groups in total. The number of likely N-dealkylation sites (tertiary alicyclic amines) is 1. The van der Waals surface area contributed by atoms with Crippen molar-refractivity contribution in [2.75, 3.05) is 19.7 Å². The van der Waals surface area contributed by atoms with E-state index >= 15 is 0 Å². The van der Waals surface area contributed by atoms with Gasteiger partial charge in [-0.15, -0.1) is 0 Å². The van der Waals surface area contributed by atoms with Crippen molar-refractivity contribution in [3.05, 3.63) is 17.7 Å². The summed E-state index contributed by atoms with van der Waals surface area (Å²) in [5.74, 6) is 1.97. The molecule has 118 valence electrons. The molecule has 0 amide bonds. The minimum atomic E-state index is 0.252. The van der Waals surface area contributed by atoms with E-state index in [9.17, 15) is 5.11 Å². The van der Waals surface area contributed by atoms with E-state index in [1.807, 2.05) is 6.20 Å². The maximum Gasteiger partial charge on any atom is 0.109 e. The van der Waals surface area contributed by atoms with Crippen molar-refractivity contribution in [1.29, 1.82) is 0 Å². The molecule has 0 bridgehead atoms. The first-order valence-electron chi connectivity index (χ1n) is 8.59. The highest BCUT2D eigenvalue weighted by atomic mass is 16.3. The molecule has 3 heterocycles. The molecule has 4 nitrogen and oxygen atoms in total. The highest BCUT2D eigenvalue weighted by Gasteiger charge is 2.26. The average Bonchev–Trinajstić information content (AvgIpc) is 2.91. The molecular formula is C17H29N3O. The lowest BCUT2D eigenvalue weighted by Crippen LogP contribution is -2.39. The molecule has 1 fully saturated rings. The van der Waals surface area contributed by atoms with Crippen molar-refractivity contribution in [3.8, 4) is 0 Å². The molecule has 2 aliphatic rings.